The number of nitrogens with one attached hydrogen (secondary N) is 1. The molecule has 136 valence electrons. The van der Waals surface area contributed by atoms with Gasteiger partial charge in [0.1, 0.15) is 11.5 Å². The van der Waals surface area contributed by atoms with Crippen LogP contribution < -0.4 is 14.8 Å². The van der Waals surface area contributed by atoms with Crippen LogP contribution in [0, 0.1) is 0 Å². The molecule has 0 aliphatic heterocycles. The number of benzene rings is 2. The quantitative estimate of drug-likeness (QED) is 0.777. The summed E-state index contributed by atoms with van der Waals surface area (Å²) in [5.41, 5.74) is 1.43. The van der Waals surface area contributed by atoms with Gasteiger partial charge in [-0.3, -0.25) is 9.59 Å². The van der Waals surface area contributed by atoms with Crippen molar-refractivity contribution in [3.05, 3.63) is 60.2 Å². The normalized spacial score (nSPS) is 10.4. The molecule has 0 bridgehead atoms. The Labute approximate surface area is 153 Å². The van der Waals surface area contributed by atoms with Crippen molar-refractivity contribution in [2.45, 2.75) is 0 Å². The van der Waals surface area contributed by atoms with Gasteiger partial charge in [-0.05, 0) is 30.3 Å². The zero-order chi connectivity index (χ0) is 18.9. The molecule has 0 heterocycles. The van der Waals surface area contributed by atoms with Gasteiger partial charge in [0.05, 0.1) is 20.8 Å². The maximum absolute atomic E-state index is 12.2. The van der Waals surface area contributed by atoms with Crippen molar-refractivity contribution in [2.75, 3.05) is 33.1 Å². The average molecular weight is 354 g/mol. The summed E-state index contributed by atoms with van der Waals surface area (Å²) in [4.78, 5) is 25.6. The van der Waals surface area contributed by atoms with E-state index in [2.05, 4.69) is 5.32 Å². The van der Waals surface area contributed by atoms with E-state index in [0.717, 1.165) is 5.56 Å². The summed E-state index contributed by atoms with van der Waals surface area (Å²) < 4.78 is 10.4. The van der Waals surface area contributed by atoms with Crippen LogP contribution in [0.4, 0.5) is 5.69 Å². The molecular formula is C20H22N2O4. The third-order valence-corrected chi connectivity index (χ3v) is 3.66. The van der Waals surface area contributed by atoms with Crippen LogP contribution in [0.15, 0.2) is 54.6 Å². The number of likely N-dealkylation sites (N-methyl/N-ethyl adjacent to an activating group) is 1. The molecule has 2 aromatic rings. The molecule has 2 amide bonds. The number of rotatable bonds is 7. The highest BCUT2D eigenvalue weighted by Gasteiger charge is 2.11. The Kier molecular flexibility index (Phi) is 6.79. The molecular weight excluding hydrogens is 332 g/mol. The molecule has 2 aromatic carbocycles. The van der Waals surface area contributed by atoms with Gasteiger partial charge in [0.2, 0.25) is 11.8 Å². The molecule has 0 aromatic heterocycles. The third kappa shape index (κ3) is 5.37. The van der Waals surface area contributed by atoms with Crippen molar-refractivity contribution >= 4 is 23.6 Å². The van der Waals surface area contributed by atoms with Crippen LogP contribution in [0.3, 0.4) is 0 Å². The van der Waals surface area contributed by atoms with Crippen molar-refractivity contribution < 1.29 is 19.1 Å². The lowest BCUT2D eigenvalue weighted by atomic mass is 10.1. The second kappa shape index (κ2) is 9.27. The van der Waals surface area contributed by atoms with E-state index in [0.29, 0.717) is 17.2 Å². The first-order chi connectivity index (χ1) is 12.5. The number of ether oxygens (including phenoxy) is 2. The van der Waals surface area contributed by atoms with E-state index < -0.39 is 0 Å². The topological polar surface area (TPSA) is 67.9 Å². The predicted octanol–water partition coefficient (Wildman–Crippen LogP) is 2.81. The first-order valence-corrected chi connectivity index (χ1v) is 8.03. The van der Waals surface area contributed by atoms with Gasteiger partial charge in [-0.2, -0.15) is 0 Å². The van der Waals surface area contributed by atoms with Gasteiger partial charge in [-0.15, -0.1) is 0 Å². The van der Waals surface area contributed by atoms with Gasteiger partial charge in [0.25, 0.3) is 0 Å². The number of nitrogens with zero attached hydrogens (tertiary/aromatic N) is 1. The molecule has 0 aliphatic carbocycles. The van der Waals surface area contributed by atoms with Crippen LogP contribution in [0.2, 0.25) is 0 Å². The second-order valence-electron chi connectivity index (χ2n) is 5.55. The third-order valence-electron chi connectivity index (χ3n) is 3.66. The van der Waals surface area contributed by atoms with Crippen molar-refractivity contribution in [1.29, 1.82) is 0 Å². The molecule has 0 radical (unpaired) electrons. The monoisotopic (exact) mass is 354 g/mol. The summed E-state index contributed by atoms with van der Waals surface area (Å²) in [6.45, 7) is -0.0438. The minimum absolute atomic E-state index is 0.0438. The summed E-state index contributed by atoms with van der Waals surface area (Å²) in [7, 11) is 4.69. The summed E-state index contributed by atoms with van der Waals surface area (Å²) in [5.74, 6) is 0.714. The van der Waals surface area contributed by atoms with Gasteiger partial charge < -0.3 is 19.7 Å². The van der Waals surface area contributed by atoms with Crippen molar-refractivity contribution in [1.82, 2.24) is 4.90 Å². The van der Waals surface area contributed by atoms with Gasteiger partial charge in [0.15, 0.2) is 0 Å². The highest BCUT2D eigenvalue weighted by Crippen LogP contribution is 2.25. The van der Waals surface area contributed by atoms with Crippen LogP contribution in [-0.4, -0.2) is 44.5 Å². The first kappa shape index (κ1) is 19.1. The molecule has 0 saturated carbocycles. The minimum atomic E-state index is -0.286. The van der Waals surface area contributed by atoms with Crippen molar-refractivity contribution in [3.63, 3.8) is 0 Å². The highest BCUT2D eigenvalue weighted by molar-refractivity contribution is 5.98. The summed E-state index contributed by atoms with van der Waals surface area (Å²) in [5, 5.41) is 2.74. The Balaban J connectivity index is 1.96. The Morgan fingerprint density at radius 1 is 1.08 bits per heavy atom. The SMILES string of the molecule is COc1ccc(/C=C/C(=O)N(C)CC(=O)Nc2ccccc2)c(OC)c1. The van der Waals surface area contributed by atoms with Crippen LogP contribution in [0.25, 0.3) is 6.08 Å². The summed E-state index contributed by atoms with van der Waals surface area (Å²) >= 11 is 0. The van der Waals surface area contributed by atoms with Gasteiger partial charge in [0, 0.05) is 30.4 Å². The Bertz CT molecular complexity index is 788. The molecule has 0 fully saturated rings. The van der Waals surface area contributed by atoms with E-state index in [9.17, 15) is 9.59 Å². The van der Waals surface area contributed by atoms with Crippen LogP contribution >= 0.6 is 0 Å². The Hall–Kier alpha value is -3.28. The van der Waals surface area contributed by atoms with Crippen LogP contribution in [-0.2, 0) is 9.59 Å². The van der Waals surface area contributed by atoms with Crippen molar-refractivity contribution in [2.24, 2.45) is 0 Å². The van der Waals surface area contributed by atoms with Gasteiger partial charge >= 0.3 is 0 Å². The number of hydrogen-bond donors (Lipinski definition) is 1. The maximum Gasteiger partial charge on any atom is 0.246 e. The smallest absolute Gasteiger partial charge is 0.246 e. The number of carbonyl (C=O) groups is 2. The molecule has 26 heavy (non-hydrogen) atoms. The fourth-order valence-electron chi connectivity index (χ4n) is 2.26. The lowest BCUT2D eigenvalue weighted by Crippen LogP contribution is -2.33. The number of carbonyl (C=O) groups excluding carboxylic acids is 2. The lowest BCUT2D eigenvalue weighted by Gasteiger charge is -2.15. The van der Waals surface area contributed by atoms with Gasteiger partial charge in [-0.1, -0.05) is 18.2 Å². The standard InChI is InChI=1S/C20H22N2O4/c1-22(14-19(23)21-16-7-5-4-6-8-16)20(24)12-10-15-9-11-17(25-2)13-18(15)26-3/h4-13H,14H2,1-3H3,(H,21,23)/b12-10+. The van der Waals surface area contributed by atoms with Gasteiger partial charge in [-0.25, -0.2) is 0 Å². The lowest BCUT2D eigenvalue weighted by molar-refractivity contribution is -0.129. The fraction of sp³-hybridized carbons (Fsp3) is 0.200. The summed E-state index contributed by atoms with van der Waals surface area (Å²) in [6.07, 6.45) is 3.05. The highest BCUT2D eigenvalue weighted by atomic mass is 16.5. The number of para-hydroxylation sites is 1. The van der Waals surface area contributed by atoms with Crippen molar-refractivity contribution in [3.8, 4) is 11.5 Å². The van der Waals surface area contributed by atoms with Crippen LogP contribution in [0.1, 0.15) is 5.56 Å². The molecule has 0 spiro atoms. The molecule has 0 unspecified atom stereocenters. The van der Waals surface area contributed by atoms with E-state index in [-0.39, 0.29) is 18.4 Å². The van der Waals surface area contributed by atoms with E-state index in [1.165, 1.54) is 11.0 Å². The molecule has 6 heteroatoms. The van der Waals surface area contributed by atoms with Crippen LogP contribution in [0.5, 0.6) is 11.5 Å². The summed E-state index contributed by atoms with van der Waals surface area (Å²) in [6, 6.07) is 14.4. The molecule has 1 N–H and O–H groups in total. The Morgan fingerprint density at radius 3 is 2.46 bits per heavy atom. The molecule has 0 aliphatic rings. The minimum Gasteiger partial charge on any atom is -0.497 e. The number of amides is 2. The Morgan fingerprint density at radius 2 is 1.81 bits per heavy atom. The molecule has 0 atom stereocenters. The maximum atomic E-state index is 12.2. The fourth-order valence-corrected chi connectivity index (χ4v) is 2.26. The largest absolute Gasteiger partial charge is 0.497 e. The van der Waals surface area contributed by atoms with E-state index in [1.807, 2.05) is 18.2 Å². The molecule has 2 rings (SSSR count). The van der Waals surface area contributed by atoms with E-state index in [1.54, 1.807) is 57.7 Å². The van der Waals surface area contributed by atoms with E-state index >= 15 is 0 Å². The van der Waals surface area contributed by atoms with E-state index in [4.69, 9.17) is 9.47 Å². The first-order valence-electron chi connectivity index (χ1n) is 8.03. The molecule has 6 nitrogen and oxygen atoms in total. The molecule has 0 saturated heterocycles. The predicted molar refractivity (Wildman–Crippen MR) is 101 cm³/mol. The zero-order valence-corrected chi connectivity index (χ0v) is 15.1. The number of hydrogen-bond acceptors (Lipinski definition) is 4. The number of anilines is 1. The second-order valence-corrected chi connectivity index (χ2v) is 5.55. The average Bonchev–Trinajstić information content (AvgIpc) is 2.66. The number of methoxy groups -OCH3 is 2. The zero-order valence-electron chi connectivity index (χ0n) is 15.1.